The number of nitrogens with one attached hydrogen (secondary N) is 3. The van der Waals surface area contributed by atoms with Crippen molar-refractivity contribution in [1.29, 1.82) is 0 Å². The maximum atomic E-state index is 9.63. The van der Waals surface area contributed by atoms with Crippen LogP contribution in [-0.2, 0) is 0 Å². The lowest BCUT2D eigenvalue weighted by Crippen LogP contribution is -2.57. The second-order valence-electron chi connectivity index (χ2n) is 4.10. The van der Waals surface area contributed by atoms with Crippen molar-refractivity contribution in [2.45, 2.75) is 12.1 Å². The lowest BCUT2D eigenvalue weighted by molar-refractivity contribution is -0.0336. The molecule has 1 aliphatic heterocycles. The molecule has 1 rings (SSSR count). The van der Waals surface area contributed by atoms with Gasteiger partial charge in [-0.2, -0.15) is 0 Å². The van der Waals surface area contributed by atoms with Gasteiger partial charge in [0.05, 0.1) is 25.4 Å². The van der Waals surface area contributed by atoms with Crippen LogP contribution in [0, 0.1) is 0 Å². The normalized spacial score (nSPS) is 24.2. The van der Waals surface area contributed by atoms with Gasteiger partial charge in [-0.25, -0.2) is 5.01 Å². The van der Waals surface area contributed by atoms with Crippen LogP contribution in [0.25, 0.3) is 0 Å². The third-order valence-electron chi connectivity index (χ3n) is 2.84. The average Bonchev–Trinajstić information content (AvgIpc) is 2.37. The van der Waals surface area contributed by atoms with Crippen LogP contribution in [0.3, 0.4) is 0 Å². The third-order valence-corrected chi connectivity index (χ3v) is 2.84. The van der Waals surface area contributed by atoms with Gasteiger partial charge in [-0.1, -0.05) is 0 Å². The van der Waals surface area contributed by atoms with E-state index in [1.54, 1.807) is 5.01 Å². The first-order chi connectivity index (χ1) is 8.29. The summed E-state index contributed by atoms with van der Waals surface area (Å²) in [5.74, 6) is 0. The maximum Gasteiger partial charge on any atom is 0.0962 e. The second-order valence-corrected chi connectivity index (χ2v) is 4.10. The summed E-state index contributed by atoms with van der Waals surface area (Å²) in [6.07, 6.45) is -0.941. The molecule has 0 aromatic carbocycles. The van der Waals surface area contributed by atoms with Crippen molar-refractivity contribution in [3.8, 4) is 0 Å². The van der Waals surface area contributed by atoms with E-state index in [4.69, 9.17) is 5.11 Å². The van der Waals surface area contributed by atoms with E-state index in [1.807, 2.05) is 0 Å². The quantitative estimate of drug-likeness (QED) is 0.310. The number of nitrogens with zero attached hydrogens (tertiary/aromatic N) is 1. The van der Waals surface area contributed by atoms with Crippen molar-refractivity contribution in [3.05, 3.63) is 0 Å². The fourth-order valence-electron chi connectivity index (χ4n) is 1.83. The van der Waals surface area contributed by atoms with Crippen LogP contribution in [0.15, 0.2) is 0 Å². The molecular formula is C10H24N4O3. The van der Waals surface area contributed by atoms with E-state index >= 15 is 0 Å². The van der Waals surface area contributed by atoms with Crippen molar-refractivity contribution >= 4 is 0 Å². The highest BCUT2D eigenvalue weighted by molar-refractivity contribution is 4.77. The molecule has 2 unspecified atom stereocenters. The molecule has 102 valence electrons. The minimum absolute atomic E-state index is 0.192. The maximum absolute atomic E-state index is 9.63. The van der Waals surface area contributed by atoms with Gasteiger partial charge < -0.3 is 26.0 Å². The van der Waals surface area contributed by atoms with Gasteiger partial charge in [-0.3, -0.25) is 5.43 Å². The molecule has 7 nitrogen and oxygen atoms in total. The van der Waals surface area contributed by atoms with E-state index in [-0.39, 0.29) is 13.2 Å². The van der Waals surface area contributed by atoms with Crippen LogP contribution in [0.1, 0.15) is 0 Å². The number of rotatable bonds is 4. The molecule has 1 fully saturated rings. The first-order valence-electron chi connectivity index (χ1n) is 6.11. The molecular weight excluding hydrogens is 224 g/mol. The predicted molar refractivity (Wildman–Crippen MR) is 64.4 cm³/mol. The zero-order chi connectivity index (χ0) is 12.5. The monoisotopic (exact) mass is 248 g/mol. The van der Waals surface area contributed by atoms with Gasteiger partial charge in [0.15, 0.2) is 0 Å². The number of aliphatic hydroxyl groups excluding tert-OH is 3. The van der Waals surface area contributed by atoms with Crippen molar-refractivity contribution in [2.24, 2.45) is 0 Å². The fourth-order valence-corrected chi connectivity index (χ4v) is 1.83. The van der Waals surface area contributed by atoms with E-state index in [0.717, 1.165) is 32.7 Å². The third kappa shape index (κ3) is 5.26. The molecule has 1 saturated heterocycles. The Labute approximate surface area is 102 Å². The fraction of sp³-hybridized carbons (Fsp3) is 1.00. The Kier molecular flexibility index (Phi) is 7.62. The summed E-state index contributed by atoms with van der Waals surface area (Å²) in [5, 5.41) is 36.2. The minimum Gasteiger partial charge on any atom is -0.395 e. The predicted octanol–water partition coefficient (Wildman–Crippen LogP) is -3.30. The van der Waals surface area contributed by atoms with Crippen molar-refractivity contribution < 1.29 is 15.3 Å². The van der Waals surface area contributed by atoms with Crippen LogP contribution in [0.2, 0.25) is 0 Å². The van der Waals surface area contributed by atoms with Gasteiger partial charge in [0.25, 0.3) is 0 Å². The van der Waals surface area contributed by atoms with Gasteiger partial charge in [-0.05, 0) is 0 Å². The van der Waals surface area contributed by atoms with Crippen LogP contribution in [0.5, 0.6) is 0 Å². The SMILES string of the molecule is OCC(O)C(CO)N1CCNCCNCCN1. The number of aliphatic hydroxyl groups is 3. The first-order valence-corrected chi connectivity index (χ1v) is 6.11. The summed E-state index contributed by atoms with van der Waals surface area (Å²) in [4.78, 5) is 0. The minimum atomic E-state index is -0.941. The van der Waals surface area contributed by atoms with Crippen LogP contribution >= 0.6 is 0 Å². The Hall–Kier alpha value is -0.280. The summed E-state index contributed by atoms with van der Waals surface area (Å²) < 4.78 is 0. The molecule has 6 N–H and O–H groups in total. The Morgan fingerprint density at radius 3 is 2.24 bits per heavy atom. The van der Waals surface area contributed by atoms with Crippen LogP contribution in [-0.4, -0.2) is 85.0 Å². The Bertz CT molecular complexity index is 186. The van der Waals surface area contributed by atoms with Crippen molar-refractivity contribution in [2.75, 3.05) is 52.5 Å². The van der Waals surface area contributed by atoms with E-state index in [0.29, 0.717) is 6.54 Å². The molecule has 0 aromatic heterocycles. The molecule has 0 spiro atoms. The second kappa shape index (κ2) is 8.76. The highest BCUT2D eigenvalue weighted by Gasteiger charge is 2.24. The standard InChI is InChI=1S/C10H24N4O3/c15-7-9(10(17)8-16)14-6-5-12-2-1-11-3-4-13-14/h9-13,15-17H,1-8H2. The molecule has 0 amide bonds. The molecule has 0 saturated carbocycles. The van der Waals surface area contributed by atoms with Gasteiger partial charge in [0, 0.05) is 39.3 Å². The average molecular weight is 248 g/mol. The summed E-state index contributed by atoms with van der Waals surface area (Å²) in [7, 11) is 0. The number of hydrogen-bond donors (Lipinski definition) is 6. The Balaban J connectivity index is 2.49. The van der Waals surface area contributed by atoms with E-state index in [2.05, 4.69) is 16.1 Å². The Morgan fingerprint density at radius 2 is 1.59 bits per heavy atom. The summed E-state index contributed by atoms with van der Waals surface area (Å²) in [5.41, 5.74) is 3.16. The molecule has 0 aromatic rings. The molecule has 7 heteroatoms. The van der Waals surface area contributed by atoms with Crippen molar-refractivity contribution in [1.82, 2.24) is 21.1 Å². The van der Waals surface area contributed by atoms with Gasteiger partial charge in [0.1, 0.15) is 0 Å². The highest BCUT2D eigenvalue weighted by atomic mass is 16.3. The van der Waals surface area contributed by atoms with Crippen molar-refractivity contribution in [3.63, 3.8) is 0 Å². The van der Waals surface area contributed by atoms with Crippen LogP contribution in [0.4, 0.5) is 0 Å². The topological polar surface area (TPSA) is 100 Å². The number of hydrazine groups is 1. The smallest absolute Gasteiger partial charge is 0.0962 e. The molecule has 2 atom stereocenters. The van der Waals surface area contributed by atoms with Crippen LogP contribution < -0.4 is 16.1 Å². The molecule has 0 aliphatic carbocycles. The van der Waals surface area contributed by atoms with Gasteiger partial charge >= 0.3 is 0 Å². The largest absolute Gasteiger partial charge is 0.395 e. The summed E-state index contributed by atoms with van der Waals surface area (Å²) in [6, 6.07) is -0.485. The summed E-state index contributed by atoms with van der Waals surface area (Å²) >= 11 is 0. The lowest BCUT2D eigenvalue weighted by atomic mass is 10.1. The number of hydrogen-bond acceptors (Lipinski definition) is 7. The molecule has 17 heavy (non-hydrogen) atoms. The molecule has 0 bridgehead atoms. The zero-order valence-corrected chi connectivity index (χ0v) is 10.1. The van der Waals surface area contributed by atoms with Gasteiger partial charge in [-0.15, -0.1) is 0 Å². The van der Waals surface area contributed by atoms with E-state index < -0.39 is 12.1 Å². The molecule has 1 heterocycles. The van der Waals surface area contributed by atoms with Gasteiger partial charge in [0.2, 0.25) is 0 Å². The molecule has 1 aliphatic rings. The summed E-state index contributed by atoms with van der Waals surface area (Å²) in [6.45, 7) is 4.29. The first kappa shape index (κ1) is 14.8. The zero-order valence-electron chi connectivity index (χ0n) is 10.1. The Morgan fingerprint density at radius 1 is 0.941 bits per heavy atom. The lowest BCUT2D eigenvalue weighted by Gasteiger charge is -2.34. The van der Waals surface area contributed by atoms with E-state index in [1.165, 1.54) is 0 Å². The molecule has 0 radical (unpaired) electrons. The van der Waals surface area contributed by atoms with E-state index in [9.17, 15) is 10.2 Å². The highest BCUT2D eigenvalue weighted by Crippen LogP contribution is 2.01.